The number of hydrogen-bond donors (Lipinski definition) is 2. The van der Waals surface area contributed by atoms with Crippen LogP contribution in [0.4, 0.5) is 5.95 Å². The van der Waals surface area contributed by atoms with Gasteiger partial charge in [-0.3, -0.25) is 4.57 Å². The van der Waals surface area contributed by atoms with Gasteiger partial charge in [0.25, 0.3) is 0 Å². The Balaban J connectivity index is 2.21. The minimum atomic E-state index is 0.330. The van der Waals surface area contributed by atoms with Crippen LogP contribution in [0.2, 0.25) is 0 Å². The van der Waals surface area contributed by atoms with E-state index >= 15 is 0 Å². The lowest BCUT2D eigenvalue weighted by molar-refractivity contribution is 0.106. The van der Waals surface area contributed by atoms with Gasteiger partial charge in [0, 0.05) is 13.2 Å². The highest BCUT2D eigenvalue weighted by atomic mass is 32.1. The molecule has 0 bridgehead atoms. The fourth-order valence-corrected chi connectivity index (χ4v) is 2.32. The van der Waals surface area contributed by atoms with Gasteiger partial charge in [-0.15, -0.1) is 5.10 Å². The van der Waals surface area contributed by atoms with Gasteiger partial charge in [0.15, 0.2) is 4.77 Å². The summed E-state index contributed by atoms with van der Waals surface area (Å²) in [5.74, 6) is 0.469. The molecule has 0 spiro atoms. The summed E-state index contributed by atoms with van der Waals surface area (Å²) >= 11 is 5.11. The number of anilines is 1. The third-order valence-corrected chi connectivity index (χ3v) is 3.08. The number of hydrogen-bond acceptors (Lipinski definition) is 4. The molecule has 1 aliphatic rings. The van der Waals surface area contributed by atoms with Crippen LogP contribution in [0.25, 0.3) is 0 Å². The second kappa shape index (κ2) is 3.70. The van der Waals surface area contributed by atoms with E-state index in [1.807, 2.05) is 4.57 Å². The highest BCUT2D eigenvalue weighted by molar-refractivity contribution is 7.71. The van der Waals surface area contributed by atoms with Gasteiger partial charge in [-0.2, -0.15) is 0 Å². The number of aromatic amines is 1. The number of nitrogen functional groups attached to an aromatic ring is 1. The number of H-pyrrole nitrogens is 1. The average molecular weight is 214 g/mol. The first kappa shape index (κ1) is 9.67. The molecule has 0 radical (unpaired) electrons. The fourth-order valence-electron chi connectivity index (χ4n) is 2.04. The van der Waals surface area contributed by atoms with E-state index < -0.39 is 0 Å². The Morgan fingerprint density at radius 2 is 2.43 bits per heavy atom. The topological polar surface area (TPSA) is 68.9 Å². The molecule has 2 atom stereocenters. The quantitative estimate of drug-likeness (QED) is 0.727. The van der Waals surface area contributed by atoms with E-state index in [0.717, 1.165) is 19.3 Å². The van der Waals surface area contributed by atoms with Crippen molar-refractivity contribution in [2.45, 2.75) is 31.4 Å². The van der Waals surface area contributed by atoms with Crippen LogP contribution in [0, 0.1) is 4.77 Å². The maximum Gasteiger partial charge on any atom is 0.220 e. The highest BCUT2D eigenvalue weighted by Gasteiger charge is 2.27. The van der Waals surface area contributed by atoms with E-state index in [1.54, 1.807) is 7.11 Å². The van der Waals surface area contributed by atoms with E-state index in [4.69, 9.17) is 22.7 Å². The summed E-state index contributed by atoms with van der Waals surface area (Å²) in [6.45, 7) is 0. The minimum Gasteiger partial charge on any atom is -0.381 e. The molecule has 0 saturated heterocycles. The fraction of sp³-hybridized carbons (Fsp3) is 0.750. The number of methoxy groups -OCH3 is 1. The van der Waals surface area contributed by atoms with E-state index in [9.17, 15) is 0 Å². The normalized spacial score (nSPS) is 26.9. The number of nitrogens with two attached hydrogens (primary N) is 1. The maximum atomic E-state index is 5.72. The van der Waals surface area contributed by atoms with Crippen molar-refractivity contribution in [1.82, 2.24) is 14.8 Å². The Bertz CT molecular complexity index is 372. The SMILES string of the molecule is COC1CCC(n2c(N)n[nH]c2=S)C1. The van der Waals surface area contributed by atoms with Crippen LogP contribution in [0.3, 0.4) is 0 Å². The summed E-state index contributed by atoms with van der Waals surface area (Å²) in [5, 5.41) is 6.59. The van der Waals surface area contributed by atoms with Gasteiger partial charge >= 0.3 is 0 Å². The molecule has 1 heterocycles. The monoisotopic (exact) mass is 214 g/mol. The lowest BCUT2D eigenvalue weighted by Gasteiger charge is -2.12. The predicted molar refractivity (Wildman–Crippen MR) is 55.5 cm³/mol. The first-order valence-corrected chi connectivity index (χ1v) is 5.08. The van der Waals surface area contributed by atoms with E-state index in [2.05, 4.69) is 10.2 Å². The Kier molecular flexibility index (Phi) is 2.56. The van der Waals surface area contributed by atoms with Crippen molar-refractivity contribution in [1.29, 1.82) is 0 Å². The van der Waals surface area contributed by atoms with Gasteiger partial charge in [-0.05, 0) is 31.5 Å². The number of aromatic nitrogens is 3. The van der Waals surface area contributed by atoms with Crippen LogP contribution in [0.5, 0.6) is 0 Å². The molecule has 0 amide bonds. The molecule has 1 fully saturated rings. The van der Waals surface area contributed by atoms with Gasteiger partial charge in [0.05, 0.1) is 6.10 Å². The summed E-state index contributed by atoms with van der Waals surface area (Å²) in [7, 11) is 1.74. The second-order valence-corrected chi connectivity index (χ2v) is 3.97. The molecule has 14 heavy (non-hydrogen) atoms. The lowest BCUT2D eigenvalue weighted by Crippen LogP contribution is -2.11. The molecule has 3 N–H and O–H groups in total. The lowest BCUT2D eigenvalue weighted by atomic mass is 10.2. The van der Waals surface area contributed by atoms with Crippen LogP contribution in [0.15, 0.2) is 0 Å². The zero-order valence-corrected chi connectivity index (χ0v) is 8.88. The van der Waals surface area contributed by atoms with Crippen LogP contribution in [0.1, 0.15) is 25.3 Å². The Morgan fingerprint density at radius 1 is 1.64 bits per heavy atom. The van der Waals surface area contributed by atoms with Crippen LogP contribution >= 0.6 is 12.2 Å². The number of nitrogens with zero attached hydrogens (tertiary/aromatic N) is 2. The molecular formula is C8H14N4OS. The Labute approximate surface area is 87.3 Å². The summed E-state index contributed by atoms with van der Waals surface area (Å²) < 4.78 is 7.78. The second-order valence-electron chi connectivity index (χ2n) is 3.58. The molecule has 6 heteroatoms. The first-order chi connectivity index (χ1) is 6.72. The zero-order valence-electron chi connectivity index (χ0n) is 8.06. The molecule has 2 rings (SSSR count). The highest BCUT2D eigenvalue weighted by Crippen LogP contribution is 2.32. The van der Waals surface area contributed by atoms with Gasteiger partial charge in [-0.1, -0.05) is 0 Å². The maximum absolute atomic E-state index is 5.72. The summed E-state index contributed by atoms with van der Waals surface area (Å²) in [6.07, 6.45) is 3.41. The smallest absolute Gasteiger partial charge is 0.220 e. The van der Waals surface area contributed by atoms with E-state index in [0.29, 0.717) is 22.9 Å². The molecule has 1 saturated carbocycles. The standard InChI is InChI=1S/C8H14N4OS/c1-13-6-3-2-5(4-6)12-7(9)10-11-8(12)14/h5-6H,2-4H2,1H3,(H2,9,10)(H,11,14). The molecule has 2 unspecified atom stereocenters. The number of rotatable bonds is 2. The van der Waals surface area contributed by atoms with E-state index in [-0.39, 0.29) is 0 Å². The van der Waals surface area contributed by atoms with Crippen molar-refractivity contribution in [2.75, 3.05) is 12.8 Å². The van der Waals surface area contributed by atoms with Crippen molar-refractivity contribution in [2.24, 2.45) is 0 Å². The third-order valence-electron chi connectivity index (χ3n) is 2.79. The molecule has 1 aromatic heterocycles. The Morgan fingerprint density at radius 3 is 2.93 bits per heavy atom. The minimum absolute atomic E-state index is 0.330. The summed E-state index contributed by atoms with van der Waals surface area (Å²) in [4.78, 5) is 0. The number of nitrogens with one attached hydrogen (secondary N) is 1. The van der Waals surface area contributed by atoms with E-state index in [1.165, 1.54) is 0 Å². The van der Waals surface area contributed by atoms with Crippen molar-refractivity contribution in [3.05, 3.63) is 4.77 Å². The van der Waals surface area contributed by atoms with Gasteiger partial charge < -0.3 is 10.5 Å². The molecular weight excluding hydrogens is 200 g/mol. The van der Waals surface area contributed by atoms with Crippen molar-refractivity contribution < 1.29 is 4.74 Å². The summed E-state index contributed by atoms with van der Waals surface area (Å²) in [6, 6.07) is 0.339. The molecule has 0 aliphatic heterocycles. The van der Waals surface area contributed by atoms with Crippen molar-refractivity contribution in [3.8, 4) is 0 Å². The zero-order chi connectivity index (χ0) is 10.1. The van der Waals surface area contributed by atoms with Crippen LogP contribution < -0.4 is 5.73 Å². The Hall–Kier alpha value is -0.880. The molecule has 78 valence electrons. The van der Waals surface area contributed by atoms with Gasteiger partial charge in [-0.25, -0.2) is 5.10 Å². The molecule has 1 aliphatic carbocycles. The average Bonchev–Trinajstić information content (AvgIpc) is 2.73. The van der Waals surface area contributed by atoms with Gasteiger partial charge in [0.2, 0.25) is 5.95 Å². The van der Waals surface area contributed by atoms with Crippen LogP contribution in [-0.2, 0) is 4.74 Å². The summed E-state index contributed by atoms with van der Waals surface area (Å²) in [5.41, 5.74) is 5.72. The van der Waals surface area contributed by atoms with Crippen molar-refractivity contribution >= 4 is 18.2 Å². The largest absolute Gasteiger partial charge is 0.381 e. The molecule has 0 aromatic carbocycles. The van der Waals surface area contributed by atoms with Gasteiger partial charge in [0.1, 0.15) is 0 Å². The third kappa shape index (κ3) is 1.55. The van der Waals surface area contributed by atoms with Crippen LogP contribution in [-0.4, -0.2) is 28.0 Å². The number of ether oxygens (including phenoxy) is 1. The van der Waals surface area contributed by atoms with Crippen molar-refractivity contribution in [3.63, 3.8) is 0 Å². The predicted octanol–water partition coefficient (Wildman–Crippen LogP) is 1.26. The molecule has 1 aromatic rings. The first-order valence-electron chi connectivity index (χ1n) is 4.67. The molecule has 5 nitrogen and oxygen atoms in total.